The third kappa shape index (κ3) is 3.44. The van der Waals surface area contributed by atoms with Gasteiger partial charge in [-0.15, -0.1) is 0 Å². The molecule has 0 aromatic carbocycles. The quantitative estimate of drug-likeness (QED) is 0.538. The largest absolute Gasteiger partial charge is 0.381 e. The van der Waals surface area contributed by atoms with Gasteiger partial charge in [-0.3, -0.25) is 0 Å². The predicted octanol–water partition coefficient (Wildman–Crippen LogP) is 3.37. The number of alkyl halides is 1. The molecule has 0 heterocycles. The topological polar surface area (TPSA) is 9.23 Å². The van der Waals surface area contributed by atoms with Crippen molar-refractivity contribution < 1.29 is 4.74 Å². The summed E-state index contributed by atoms with van der Waals surface area (Å²) in [6.07, 6.45) is 6.86. The molecule has 1 saturated carbocycles. The normalized spacial score (nSPS) is 31.5. The van der Waals surface area contributed by atoms with Crippen LogP contribution in [0.25, 0.3) is 0 Å². The van der Waals surface area contributed by atoms with E-state index in [-0.39, 0.29) is 0 Å². The summed E-state index contributed by atoms with van der Waals surface area (Å²) in [6.45, 7) is 3.88. The van der Waals surface area contributed by atoms with Crippen LogP contribution in [0.2, 0.25) is 0 Å². The lowest BCUT2D eigenvalue weighted by Crippen LogP contribution is -2.18. The summed E-state index contributed by atoms with van der Waals surface area (Å²) < 4.78 is 5.47. The summed E-state index contributed by atoms with van der Waals surface area (Å²) in [5, 5.41) is 0. The highest BCUT2D eigenvalue weighted by Gasteiger charge is 2.20. The molecule has 1 rings (SSSR count). The summed E-state index contributed by atoms with van der Waals surface area (Å²) in [4.78, 5) is 0.701. The molecule has 0 saturated heterocycles. The summed E-state index contributed by atoms with van der Waals surface area (Å²) in [7, 11) is 0. The standard InChI is InChI=1S/C10H19BrO/c1-2-12-8-9-6-4-3-5-7-10(9)11/h9-10H,2-8H2,1H3. The highest BCUT2D eigenvalue weighted by atomic mass is 79.9. The van der Waals surface area contributed by atoms with Crippen molar-refractivity contribution in [2.24, 2.45) is 5.92 Å². The molecular weight excluding hydrogens is 216 g/mol. The molecule has 1 fully saturated rings. The van der Waals surface area contributed by atoms with Gasteiger partial charge in [0, 0.05) is 11.4 Å². The van der Waals surface area contributed by atoms with E-state index in [2.05, 4.69) is 22.9 Å². The zero-order valence-corrected chi connectivity index (χ0v) is 9.48. The minimum absolute atomic E-state index is 0.701. The smallest absolute Gasteiger partial charge is 0.0504 e. The molecule has 0 aromatic rings. The van der Waals surface area contributed by atoms with Crippen molar-refractivity contribution in [3.05, 3.63) is 0 Å². The molecule has 1 aliphatic rings. The molecule has 0 N–H and O–H groups in total. The van der Waals surface area contributed by atoms with Gasteiger partial charge in [0.05, 0.1) is 6.61 Å². The molecule has 0 aliphatic heterocycles. The molecule has 0 amide bonds. The Morgan fingerprint density at radius 1 is 1.25 bits per heavy atom. The Labute approximate surface area is 84.0 Å². The molecule has 0 aromatic heterocycles. The molecule has 2 unspecified atom stereocenters. The molecule has 1 aliphatic carbocycles. The Hall–Kier alpha value is 0.440. The molecule has 12 heavy (non-hydrogen) atoms. The molecule has 0 radical (unpaired) electrons. The number of halogens is 1. The number of ether oxygens (including phenoxy) is 1. The van der Waals surface area contributed by atoms with Crippen LogP contribution in [-0.4, -0.2) is 18.0 Å². The van der Waals surface area contributed by atoms with Gasteiger partial charge in [-0.05, 0) is 25.7 Å². The van der Waals surface area contributed by atoms with Gasteiger partial charge in [-0.1, -0.05) is 35.2 Å². The molecule has 0 spiro atoms. The van der Waals surface area contributed by atoms with Crippen LogP contribution in [0, 0.1) is 5.92 Å². The summed E-state index contributed by atoms with van der Waals surface area (Å²) >= 11 is 3.75. The van der Waals surface area contributed by atoms with Crippen LogP contribution in [0.1, 0.15) is 39.0 Å². The van der Waals surface area contributed by atoms with Gasteiger partial charge in [-0.25, -0.2) is 0 Å². The highest BCUT2D eigenvalue weighted by molar-refractivity contribution is 9.09. The van der Waals surface area contributed by atoms with Crippen molar-refractivity contribution in [2.45, 2.75) is 43.9 Å². The molecule has 2 atom stereocenters. The average molecular weight is 235 g/mol. The van der Waals surface area contributed by atoms with Crippen molar-refractivity contribution >= 4 is 15.9 Å². The van der Waals surface area contributed by atoms with Crippen molar-refractivity contribution in [1.29, 1.82) is 0 Å². The Balaban J connectivity index is 2.26. The Morgan fingerprint density at radius 2 is 2.00 bits per heavy atom. The van der Waals surface area contributed by atoms with Crippen molar-refractivity contribution in [3.63, 3.8) is 0 Å². The van der Waals surface area contributed by atoms with Gasteiger partial charge >= 0.3 is 0 Å². The SMILES string of the molecule is CCOCC1CCCCCC1Br. The maximum Gasteiger partial charge on any atom is 0.0504 e. The highest BCUT2D eigenvalue weighted by Crippen LogP contribution is 2.28. The van der Waals surface area contributed by atoms with Crippen molar-refractivity contribution in [1.82, 2.24) is 0 Å². The number of hydrogen-bond donors (Lipinski definition) is 0. The van der Waals surface area contributed by atoms with Crippen LogP contribution < -0.4 is 0 Å². The Kier molecular flexibility index (Phi) is 5.24. The van der Waals surface area contributed by atoms with Crippen LogP contribution >= 0.6 is 15.9 Å². The maximum atomic E-state index is 5.47. The van der Waals surface area contributed by atoms with Gasteiger partial charge in [0.25, 0.3) is 0 Å². The molecule has 2 heteroatoms. The minimum Gasteiger partial charge on any atom is -0.381 e. The molecular formula is C10H19BrO. The minimum atomic E-state index is 0.701. The van der Waals surface area contributed by atoms with Gasteiger partial charge in [0.15, 0.2) is 0 Å². The van der Waals surface area contributed by atoms with E-state index in [1.165, 1.54) is 32.1 Å². The third-order valence-electron chi connectivity index (χ3n) is 2.60. The zero-order valence-electron chi connectivity index (χ0n) is 7.89. The van der Waals surface area contributed by atoms with E-state index in [0.29, 0.717) is 4.83 Å². The molecule has 1 nitrogen and oxygen atoms in total. The summed E-state index contributed by atoms with van der Waals surface area (Å²) in [6, 6.07) is 0. The second-order valence-corrected chi connectivity index (χ2v) is 4.75. The second-order valence-electron chi connectivity index (χ2n) is 3.57. The van der Waals surface area contributed by atoms with E-state index in [9.17, 15) is 0 Å². The number of rotatable bonds is 3. The average Bonchev–Trinajstić information content (AvgIpc) is 2.27. The summed E-state index contributed by atoms with van der Waals surface area (Å²) in [5.74, 6) is 0.757. The van der Waals surface area contributed by atoms with Crippen LogP contribution in [0.15, 0.2) is 0 Å². The van der Waals surface area contributed by atoms with E-state index in [4.69, 9.17) is 4.74 Å². The third-order valence-corrected chi connectivity index (χ3v) is 3.81. The lowest BCUT2D eigenvalue weighted by Gasteiger charge is -2.19. The monoisotopic (exact) mass is 234 g/mol. The molecule has 72 valence electrons. The Morgan fingerprint density at radius 3 is 2.75 bits per heavy atom. The first-order valence-electron chi connectivity index (χ1n) is 5.06. The van der Waals surface area contributed by atoms with Crippen LogP contribution in [-0.2, 0) is 4.74 Å². The maximum absolute atomic E-state index is 5.47. The van der Waals surface area contributed by atoms with E-state index in [0.717, 1.165) is 19.1 Å². The lowest BCUT2D eigenvalue weighted by molar-refractivity contribution is 0.107. The fourth-order valence-corrected chi connectivity index (χ4v) is 2.54. The summed E-state index contributed by atoms with van der Waals surface area (Å²) in [5.41, 5.74) is 0. The van der Waals surface area contributed by atoms with Crippen LogP contribution in [0.3, 0.4) is 0 Å². The molecule has 0 bridgehead atoms. The second kappa shape index (κ2) is 5.98. The van der Waals surface area contributed by atoms with E-state index in [1.807, 2.05) is 0 Å². The fraction of sp³-hybridized carbons (Fsp3) is 1.00. The zero-order chi connectivity index (χ0) is 8.81. The van der Waals surface area contributed by atoms with E-state index in [1.54, 1.807) is 0 Å². The first-order chi connectivity index (χ1) is 5.84. The van der Waals surface area contributed by atoms with Gasteiger partial charge in [-0.2, -0.15) is 0 Å². The van der Waals surface area contributed by atoms with Gasteiger partial charge in [0.2, 0.25) is 0 Å². The van der Waals surface area contributed by atoms with Crippen molar-refractivity contribution in [3.8, 4) is 0 Å². The van der Waals surface area contributed by atoms with Crippen LogP contribution in [0.5, 0.6) is 0 Å². The first-order valence-corrected chi connectivity index (χ1v) is 5.98. The van der Waals surface area contributed by atoms with E-state index >= 15 is 0 Å². The Bertz CT molecular complexity index is 116. The van der Waals surface area contributed by atoms with Gasteiger partial charge < -0.3 is 4.74 Å². The fourth-order valence-electron chi connectivity index (χ4n) is 1.80. The van der Waals surface area contributed by atoms with E-state index < -0.39 is 0 Å². The van der Waals surface area contributed by atoms with Crippen molar-refractivity contribution in [2.75, 3.05) is 13.2 Å². The van der Waals surface area contributed by atoms with Crippen LogP contribution in [0.4, 0.5) is 0 Å². The number of hydrogen-bond acceptors (Lipinski definition) is 1. The first kappa shape index (κ1) is 10.5. The lowest BCUT2D eigenvalue weighted by atomic mass is 10.0. The van der Waals surface area contributed by atoms with Gasteiger partial charge in [0.1, 0.15) is 0 Å². The predicted molar refractivity (Wildman–Crippen MR) is 55.8 cm³/mol.